The van der Waals surface area contributed by atoms with E-state index in [1.54, 1.807) is 4.52 Å². The lowest BCUT2D eigenvalue weighted by Crippen LogP contribution is -2.20. The molecule has 0 aliphatic heterocycles. The van der Waals surface area contributed by atoms with Crippen LogP contribution in [0, 0.1) is 6.92 Å². The zero-order valence-corrected chi connectivity index (χ0v) is 8.64. The van der Waals surface area contributed by atoms with Crippen molar-refractivity contribution < 1.29 is 0 Å². The van der Waals surface area contributed by atoms with Crippen molar-refractivity contribution in [3.05, 3.63) is 23.8 Å². The second-order valence-corrected chi connectivity index (χ2v) is 4.23. The van der Waals surface area contributed by atoms with Crippen LogP contribution in [0.5, 0.6) is 0 Å². The maximum absolute atomic E-state index is 5.78. The average molecular weight is 203 g/mol. The van der Waals surface area contributed by atoms with Gasteiger partial charge in [-0.15, -0.1) is 0 Å². The predicted octanol–water partition coefficient (Wildman–Crippen LogP) is 0.423. The quantitative estimate of drug-likeness (QED) is 0.768. The van der Waals surface area contributed by atoms with Gasteiger partial charge in [0, 0.05) is 24.4 Å². The number of fused-ring (bicyclic) bond motifs is 1. The van der Waals surface area contributed by atoms with E-state index in [1.165, 1.54) is 5.56 Å². The first kappa shape index (κ1) is 8.79. The number of nitrogens with two attached hydrogens (primary N) is 1. The Balaban J connectivity index is 2.13. The van der Waals surface area contributed by atoms with Crippen LogP contribution in [0.4, 0.5) is 0 Å². The van der Waals surface area contributed by atoms with Gasteiger partial charge in [-0.1, -0.05) is 0 Å². The van der Waals surface area contributed by atoms with Crippen molar-refractivity contribution in [2.45, 2.75) is 25.2 Å². The summed E-state index contributed by atoms with van der Waals surface area (Å²) < 4.78 is 1.74. The number of hydrogen-bond donors (Lipinski definition) is 1. The molecule has 2 N–H and O–H groups in total. The smallest absolute Gasteiger partial charge is 0.252 e. The van der Waals surface area contributed by atoms with E-state index in [-0.39, 0.29) is 5.41 Å². The van der Waals surface area contributed by atoms with Crippen LogP contribution in [0.3, 0.4) is 0 Å². The van der Waals surface area contributed by atoms with Gasteiger partial charge in [-0.25, -0.2) is 9.50 Å². The highest BCUT2D eigenvalue weighted by molar-refractivity contribution is 5.34. The summed E-state index contributed by atoms with van der Waals surface area (Å²) in [4.78, 5) is 8.48. The van der Waals surface area contributed by atoms with E-state index >= 15 is 0 Å². The fourth-order valence-corrected chi connectivity index (χ4v) is 1.92. The van der Waals surface area contributed by atoms with Crippen molar-refractivity contribution in [3.8, 4) is 0 Å². The van der Waals surface area contributed by atoms with Gasteiger partial charge in [0.2, 0.25) is 0 Å². The zero-order chi connectivity index (χ0) is 10.5. The summed E-state index contributed by atoms with van der Waals surface area (Å²) in [5, 5.41) is 4.25. The van der Waals surface area contributed by atoms with Crippen LogP contribution in [-0.4, -0.2) is 26.1 Å². The molecule has 3 rings (SSSR count). The first-order valence-corrected chi connectivity index (χ1v) is 5.13. The molecule has 1 aliphatic rings. The second kappa shape index (κ2) is 2.76. The van der Waals surface area contributed by atoms with Gasteiger partial charge >= 0.3 is 0 Å². The molecule has 0 radical (unpaired) electrons. The van der Waals surface area contributed by atoms with Gasteiger partial charge in [0.25, 0.3) is 5.78 Å². The lowest BCUT2D eigenvalue weighted by atomic mass is 10.00. The molecule has 5 nitrogen and oxygen atoms in total. The first-order chi connectivity index (χ1) is 7.23. The highest BCUT2D eigenvalue weighted by Gasteiger charge is 2.43. The molecular weight excluding hydrogens is 190 g/mol. The normalized spacial score (nSPS) is 18.3. The third-order valence-corrected chi connectivity index (χ3v) is 3.16. The Labute approximate surface area is 87.3 Å². The Morgan fingerprint density at radius 3 is 3.00 bits per heavy atom. The van der Waals surface area contributed by atoms with E-state index in [0.29, 0.717) is 12.3 Å². The van der Waals surface area contributed by atoms with Gasteiger partial charge in [0.05, 0.1) is 0 Å². The predicted molar refractivity (Wildman–Crippen MR) is 55.5 cm³/mol. The van der Waals surface area contributed by atoms with Gasteiger partial charge in [0.1, 0.15) is 5.82 Å². The van der Waals surface area contributed by atoms with Gasteiger partial charge in [0.15, 0.2) is 0 Å². The fraction of sp³-hybridized carbons (Fsp3) is 0.500. The molecule has 0 atom stereocenters. The summed E-state index contributed by atoms with van der Waals surface area (Å²) in [6, 6.07) is 0. The summed E-state index contributed by atoms with van der Waals surface area (Å²) in [6.07, 6.45) is 6.19. The topological polar surface area (TPSA) is 69.1 Å². The van der Waals surface area contributed by atoms with Gasteiger partial charge in [-0.2, -0.15) is 10.1 Å². The van der Waals surface area contributed by atoms with Crippen molar-refractivity contribution in [1.29, 1.82) is 0 Å². The van der Waals surface area contributed by atoms with Crippen LogP contribution in [0.15, 0.2) is 12.4 Å². The SMILES string of the molecule is Cc1nc2ncc(C3(CN)CC3)cn2n1. The monoisotopic (exact) mass is 203 g/mol. The van der Waals surface area contributed by atoms with E-state index in [0.717, 1.165) is 18.7 Å². The molecule has 0 unspecified atom stereocenters. The number of nitrogens with zero attached hydrogens (tertiary/aromatic N) is 4. The molecular formula is C10H13N5. The summed E-state index contributed by atoms with van der Waals surface area (Å²) >= 11 is 0. The molecule has 0 bridgehead atoms. The minimum atomic E-state index is 0.168. The van der Waals surface area contributed by atoms with Crippen molar-refractivity contribution in [1.82, 2.24) is 19.6 Å². The van der Waals surface area contributed by atoms with Gasteiger partial charge in [-0.05, 0) is 25.3 Å². The van der Waals surface area contributed by atoms with Crippen molar-refractivity contribution in [2.24, 2.45) is 5.73 Å². The molecule has 0 spiro atoms. The fourth-order valence-electron chi connectivity index (χ4n) is 1.92. The molecule has 1 fully saturated rings. The largest absolute Gasteiger partial charge is 0.330 e. The van der Waals surface area contributed by atoms with Crippen molar-refractivity contribution >= 4 is 5.78 Å². The van der Waals surface area contributed by atoms with Crippen molar-refractivity contribution in [3.63, 3.8) is 0 Å². The summed E-state index contributed by atoms with van der Waals surface area (Å²) in [7, 11) is 0. The van der Waals surface area contributed by atoms with E-state index in [2.05, 4.69) is 15.1 Å². The molecule has 2 aromatic heterocycles. The Morgan fingerprint density at radius 2 is 2.33 bits per heavy atom. The maximum Gasteiger partial charge on any atom is 0.252 e. The van der Waals surface area contributed by atoms with E-state index in [1.807, 2.05) is 19.3 Å². The second-order valence-electron chi connectivity index (χ2n) is 4.23. The van der Waals surface area contributed by atoms with Crippen LogP contribution in [0.2, 0.25) is 0 Å². The molecule has 78 valence electrons. The van der Waals surface area contributed by atoms with Crippen LogP contribution in [0.25, 0.3) is 5.78 Å². The van der Waals surface area contributed by atoms with Crippen LogP contribution >= 0.6 is 0 Å². The molecule has 0 saturated heterocycles. The van der Waals surface area contributed by atoms with Crippen molar-refractivity contribution in [2.75, 3.05) is 6.54 Å². The zero-order valence-electron chi connectivity index (χ0n) is 8.64. The van der Waals surface area contributed by atoms with Gasteiger partial charge < -0.3 is 5.73 Å². The summed E-state index contributed by atoms with van der Waals surface area (Å²) in [5.41, 5.74) is 7.13. The molecule has 2 heterocycles. The number of rotatable bonds is 2. The first-order valence-electron chi connectivity index (χ1n) is 5.13. The Bertz CT molecular complexity index is 512. The van der Waals surface area contributed by atoms with E-state index < -0.39 is 0 Å². The Kier molecular flexibility index (Phi) is 1.62. The highest BCUT2D eigenvalue weighted by Crippen LogP contribution is 2.46. The maximum atomic E-state index is 5.78. The third-order valence-electron chi connectivity index (χ3n) is 3.16. The molecule has 5 heteroatoms. The lowest BCUT2D eigenvalue weighted by molar-refractivity contribution is 0.689. The van der Waals surface area contributed by atoms with E-state index in [9.17, 15) is 0 Å². The minimum absolute atomic E-state index is 0.168. The van der Waals surface area contributed by atoms with Crippen LogP contribution in [-0.2, 0) is 5.41 Å². The summed E-state index contributed by atoms with van der Waals surface area (Å²) in [6.45, 7) is 2.55. The molecule has 2 aromatic rings. The minimum Gasteiger partial charge on any atom is -0.330 e. The van der Waals surface area contributed by atoms with Crippen LogP contribution < -0.4 is 5.73 Å². The van der Waals surface area contributed by atoms with E-state index in [4.69, 9.17) is 5.73 Å². The standard InChI is InChI=1S/C10H13N5/c1-7-13-9-12-4-8(5-15(9)14-7)10(6-11)2-3-10/h4-5H,2-3,6,11H2,1H3. The van der Waals surface area contributed by atoms with Crippen LogP contribution in [0.1, 0.15) is 24.2 Å². The molecule has 1 aliphatic carbocycles. The number of aryl methyl sites for hydroxylation is 1. The Hall–Kier alpha value is -1.49. The molecule has 0 amide bonds. The number of hydrogen-bond acceptors (Lipinski definition) is 4. The highest BCUT2D eigenvalue weighted by atomic mass is 15.3. The molecule has 1 saturated carbocycles. The molecule has 0 aromatic carbocycles. The lowest BCUT2D eigenvalue weighted by Gasteiger charge is -2.11. The number of aromatic nitrogens is 4. The summed E-state index contributed by atoms with van der Waals surface area (Å²) in [5.74, 6) is 1.40. The Morgan fingerprint density at radius 1 is 1.53 bits per heavy atom. The average Bonchev–Trinajstić information content (AvgIpc) is 2.94. The van der Waals surface area contributed by atoms with Gasteiger partial charge in [-0.3, -0.25) is 0 Å². The molecule has 15 heavy (non-hydrogen) atoms. The third kappa shape index (κ3) is 1.23.